The summed E-state index contributed by atoms with van der Waals surface area (Å²) >= 11 is 0. The molecule has 1 aliphatic heterocycles. The summed E-state index contributed by atoms with van der Waals surface area (Å²) in [6.07, 6.45) is 8.20. The number of nitrogens with zero attached hydrogens (tertiary/aromatic N) is 1. The molecule has 3 rings (SSSR count). The second-order valence-corrected chi connectivity index (χ2v) is 8.82. The Bertz CT molecular complexity index is 635. The van der Waals surface area contributed by atoms with Gasteiger partial charge < -0.3 is 19.4 Å². The van der Waals surface area contributed by atoms with Gasteiger partial charge >= 0.3 is 0 Å². The molecule has 156 valence electrons. The number of amides is 2. The largest absolute Gasteiger partial charge is 0.472 e. The average Bonchev–Trinajstić information content (AvgIpc) is 3.21. The van der Waals surface area contributed by atoms with Crippen molar-refractivity contribution in [2.75, 3.05) is 19.7 Å². The normalized spacial score (nSPS) is 26.4. The van der Waals surface area contributed by atoms with Crippen molar-refractivity contribution in [2.45, 2.75) is 65.0 Å². The molecule has 2 fully saturated rings. The predicted molar refractivity (Wildman–Crippen MR) is 107 cm³/mol. The lowest BCUT2D eigenvalue weighted by atomic mass is 9.75. The Labute approximate surface area is 168 Å². The Kier molecular flexibility index (Phi) is 7.16. The van der Waals surface area contributed by atoms with Crippen LogP contribution in [-0.2, 0) is 9.53 Å². The van der Waals surface area contributed by atoms with E-state index >= 15 is 0 Å². The van der Waals surface area contributed by atoms with E-state index in [9.17, 15) is 9.59 Å². The molecule has 3 atom stereocenters. The van der Waals surface area contributed by atoms with Crippen LogP contribution in [-0.4, -0.2) is 48.6 Å². The van der Waals surface area contributed by atoms with Crippen LogP contribution in [0.1, 0.15) is 63.2 Å². The highest BCUT2D eigenvalue weighted by Gasteiger charge is 2.32. The minimum absolute atomic E-state index is 0.00648. The topological polar surface area (TPSA) is 71.8 Å². The fourth-order valence-electron chi connectivity index (χ4n) is 4.55. The van der Waals surface area contributed by atoms with Gasteiger partial charge in [-0.25, -0.2) is 0 Å². The maximum absolute atomic E-state index is 12.4. The van der Waals surface area contributed by atoms with Crippen LogP contribution in [0.5, 0.6) is 0 Å². The van der Waals surface area contributed by atoms with Gasteiger partial charge in [0.2, 0.25) is 5.91 Å². The third-order valence-corrected chi connectivity index (χ3v) is 6.31. The van der Waals surface area contributed by atoms with Gasteiger partial charge in [-0.05, 0) is 49.5 Å². The summed E-state index contributed by atoms with van der Waals surface area (Å²) in [5.74, 6) is 1.74. The molecule has 0 spiro atoms. The van der Waals surface area contributed by atoms with Crippen molar-refractivity contribution in [3.8, 4) is 0 Å². The van der Waals surface area contributed by atoms with E-state index < -0.39 is 0 Å². The molecule has 0 radical (unpaired) electrons. The van der Waals surface area contributed by atoms with Gasteiger partial charge in [-0.2, -0.15) is 0 Å². The summed E-state index contributed by atoms with van der Waals surface area (Å²) in [7, 11) is 0. The van der Waals surface area contributed by atoms with Crippen molar-refractivity contribution in [2.24, 2.45) is 17.8 Å². The fraction of sp³-hybridized carbons (Fsp3) is 0.727. The number of hydrogen-bond donors (Lipinski definition) is 1. The number of ether oxygens (including phenoxy) is 1. The van der Waals surface area contributed by atoms with Gasteiger partial charge in [0.05, 0.1) is 17.9 Å². The van der Waals surface area contributed by atoms with Crippen LogP contribution in [0, 0.1) is 17.8 Å². The monoisotopic (exact) mass is 390 g/mol. The quantitative estimate of drug-likeness (QED) is 0.807. The number of nitrogens with one attached hydrogen (secondary N) is 1. The lowest BCUT2D eigenvalue weighted by molar-refractivity contribution is -0.132. The summed E-state index contributed by atoms with van der Waals surface area (Å²) in [4.78, 5) is 26.5. The van der Waals surface area contributed by atoms with Gasteiger partial charge in [-0.3, -0.25) is 9.59 Å². The number of carbonyl (C=O) groups is 2. The molecule has 2 heterocycles. The van der Waals surface area contributed by atoms with Crippen molar-refractivity contribution in [3.63, 3.8) is 0 Å². The maximum Gasteiger partial charge on any atom is 0.257 e. The number of carbonyl (C=O) groups excluding carboxylic acids is 2. The first-order chi connectivity index (χ1) is 13.4. The van der Waals surface area contributed by atoms with Gasteiger partial charge in [0.1, 0.15) is 12.9 Å². The molecule has 28 heavy (non-hydrogen) atoms. The molecule has 2 amide bonds. The molecule has 1 aromatic heterocycles. The SMILES string of the molecule is CC1CCC(C(C)C)C(OCC(=O)NC2CCN(C(=O)c3ccoc3)CC2)C1. The molecule has 0 bridgehead atoms. The van der Waals surface area contributed by atoms with Crippen LogP contribution in [0.25, 0.3) is 0 Å². The molecule has 1 N–H and O–H groups in total. The summed E-state index contributed by atoms with van der Waals surface area (Å²) in [6.45, 7) is 8.18. The van der Waals surface area contributed by atoms with Crippen LogP contribution in [0.2, 0.25) is 0 Å². The molecule has 1 aliphatic carbocycles. The lowest BCUT2D eigenvalue weighted by Gasteiger charge is -2.37. The van der Waals surface area contributed by atoms with Gasteiger partial charge in [-0.1, -0.05) is 27.2 Å². The van der Waals surface area contributed by atoms with E-state index in [2.05, 4.69) is 26.1 Å². The molecule has 0 aromatic carbocycles. The molecule has 1 aromatic rings. The Morgan fingerprint density at radius 3 is 2.64 bits per heavy atom. The van der Waals surface area contributed by atoms with Crippen LogP contribution >= 0.6 is 0 Å². The van der Waals surface area contributed by atoms with Crippen molar-refractivity contribution >= 4 is 11.8 Å². The van der Waals surface area contributed by atoms with E-state index in [1.807, 2.05) is 4.90 Å². The molecule has 2 aliphatic rings. The van der Waals surface area contributed by atoms with Gasteiger partial charge in [0.15, 0.2) is 0 Å². The first kappa shape index (κ1) is 20.9. The van der Waals surface area contributed by atoms with Crippen LogP contribution in [0.15, 0.2) is 23.0 Å². The number of hydrogen-bond acceptors (Lipinski definition) is 4. The third kappa shape index (κ3) is 5.37. The summed E-state index contributed by atoms with van der Waals surface area (Å²) in [5, 5.41) is 3.09. The molecular weight excluding hydrogens is 356 g/mol. The number of likely N-dealkylation sites (tertiary alicyclic amines) is 1. The number of furan rings is 1. The van der Waals surface area contributed by atoms with Crippen LogP contribution in [0.3, 0.4) is 0 Å². The van der Waals surface area contributed by atoms with E-state index in [1.54, 1.807) is 6.07 Å². The van der Waals surface area contributed by atoms with Crippen molar-refractivity contribution < 1.29 is 18.7 Å². The van der Waals surface area contributed by atoms with E-state index in [1.165, 1.54) is 25.4 Å². The predicted octanol–water partition coefficient (Wildman–Crippen LogP) is 3.48. The minimum atomic E-state index is -0.0413. The number of rotatable bonds is 6. The fourth-order valence-corrected chi connectivity index (χ4v) is 4.55. The highest BCUT2D eigenvalue weighted by molar-refractivity contribution is 5.93. The second kappa shape index (κ2) is 9.59. The highest BCUT2D eigenvalue weighted by atomic mass is 16.5. The standard InChI is InChI=1S/C22H34N2O4/c1-15(2)19-5-4-16(3)12-20(19)28-14-21(25)23-18-6-9-24(10-7-18)22(26)17-8-11-27-13-17/h8,11,13,15-16,18-20H,4-7,9-10,12,14H2,1-3H3,(H,23,25). The first-order valence-corrected chi connectivity index (χ1v) is 10.7. The van der Waals surface area contributed by atoms with Crippen LogP contribution < -0.4 is 5.32 Å². The Morgan fingerprint density at radius 1 is 1.25 bits per heavy atom. The second-order valence-electron chi connectivity index (χ2n) is 8.82. The maximum atomic E-state index is 12.4. The van der Waals surface area contributed by atoms with Gasteiger partial charge in [0, 0.05) is 19.1 Å². The zero-order valence-corrected chi connectivity index (χ0v) is 17.4. The zero-order valence-electron chi connectivity index (χ0n) is 17.4. The van der Waals surface area contributed by atoms with Gasteiger partial charge in [-0.15, -0.1) is 0 Å². The average molecular weight is 391 g/mol. The smallest absolute Gasteiger partial charge is 0.257 e. The zero-order chi connectivity index (χ0) is 20.1. The highest BCUT2D eigenvalue weighted by Crippen LogP contribution is 2.35. The summed E-state index contributed by atoms with van der Waals surface area (Å²) in [6, 6.07) is 1.79. The molecule has 3 unspecified atom stereocenters. The minimum Gasteiger partial charge on any atom is -0.472 e. The van der Waals surface area contributed by atoms with Crippen molar-refractivity contribution in [1.82, 2.24) is 10.2 Å². The number of piperidine rings is 1. The molecule has 1 saturated heterocycles. The molecular formula is C22H34N2O4. The van der Waals surface area contributed by atoms with Gasteiger partial charge in [0.25, 0.3) is 5.91 Å². The first-order valence-electron chi connectivity index (χ1n) is 10.7. The molecule has 6 nitrogen and oxygen atoms in total. The van der Waals surface area contributed by atoms with E-state index in [0.717, 1.165) is 19.3 Å². The Balaban J connectivity index is 1.40. The Morgan fingerprint density at radius 2 is 2.00 bits per heavy atom. The van der Waals surface area contributed by atoms with Crippen molar-refractivity contribution in [1.29, 1.82) is 0 Å². The van der Waals surface area contributed by atoms with E-state index in [0.29, 0.717) is 36.4 Å². The molecule has 6 heteroatoms. The van der Waals surface area contributed by atoms with Crippen molar-refractivity contribution in [3.05, 3.63) is 24.2 Å². The van der Waals surface area contributed by atoms with E-state index in [-0.39, 0.29) is 30.6 Å². The summed E-state index contributed by atoms with van der Waals surface area (Å²) < 4.78 is 11.0. The third-order valence-electron chi connectivity index (χ3n) is 6.31. The molecule has 1 saturated carbocycles. The van der Waals surface area contributed by atoms with E-state index in [4.69, 9.17) is 9.15 Å². The Hall–Kier alpha value is -1.82. The van der Waals surface area contributed by atoms with Crippen LogP contribution in [0.4, 0.5) is 0 Å². The lowest BCUT2D eigenvalue weighted by Crippen LogP contribution is -2.47. The summed E-state index contributed by atoms with van der Waals surface area (Å²) in [5.41, 5.74) is 0.581.